The molecule has 1 amide bonds. The van der Waals surface area contributed by atoms with Crippen LogP contribution in [0.15, 0.2) is 16.9 Å². The van der Waals surface area contributed by atoms with Crippen molar-refractivity contribution in [1.29, 1.82) is 0 Å². The molecule has 0 unspecified atom stereocenters. The molecule has 0 saturated heterocycles. The van der Waals surface area contributed by atoms with E-state index in [4.69, 9.17) is 5.11 Å². The fraction of sp³-hybridized carbons (Fsp3) is 0.588. The fourth-order valence-corrected chi connectivity index (χ4v) is 3.23. The maximum absolute atomic E-state index is 12.6. The van der Waals surface area contributed by atoms with Gasteiger partial charge in [-0.25, -0.2) is 0 Å². The second kappa shape index (κ2) is 7.34. The third-order valence-electron chi connectivity index (χ3n) is 4.95. The normalized spacial score (nSPS) is 22.4. The minimum Gasteiger partial charge on any atom is -0.480 e. The first-order valence-corrected chi connectivity index (χ1v) is 8.70. The molecular weight excluding hydrogens is 367 g/mol. The van der Waals surface area contributed by atoms with Gasteiger partial charge in [0.2, 0.25) is 0 Å². The Morgan fingerprint density at radius 2 is 1.93 bits per heavy atom. The molecule has 2 saturated carbocycles. The lowest BCUT2D eigenvalue weighted by Crippen LogP contribution is -2.55. The van der Waals surface area contributed by atoms with Crippen molar-refractivity contribution in [3.05, 3.63) is 33.7 Å². The smallest absolute Gasteiger partial charge is 0.431 e. The zero-order chi connectivity index (χ0) is 19.8. The molecule has 1 aromatic heterocycles. The molecule has 148 valence electrons. The summed E-state index contributed by atoms with van der Waals surface area (Å²) in [6.45, 7) is 0.663. The van der Waals surface area contributed by atoms with Gasteiger partial charge in [-0.15, -0.1) is 0 Å². The molecule has 1 aromatic rings. The first-order valence-electron chi connectivity index (χ1n) is 8.70. The van der Waals surface area contributed by atoms with Crippen molar-refractivity contribution in [2.45, 2.75) is 43.9 Å². The van der Waals surface area contributed by atoms with E-state index in [1.165, 1.54) is 0 Å². The van der Waals surface area contributed by atoms with E-state index in [1.54, 1.807) is 4.98 Å². The summed E-state index contributed by atoms with van der Waals surface area (Å²) in [5.41, 5.74) is -2.69. The van der Waals surface area contributed by atoms with Crippen LogP contribution in [0, 0.1) is 5.92 Å². The zero-order valence-corrected chi connectivity index (χ0v) is 14.4. The van der Waals surface area contributed by atoms with E-state index in [0.717, 1.165) is 25.5 Å². The Morgan fingerprint density at radius 3 is 2.44 bits per heavy atom. The number of halogens is 3. The maximum Gasteiger partial charge on any atom is 0.431 e. The number of aromatic amines is 1. The van der Waals surface area contributed by atoms with Gasteiger partial charge in [0.25, 0.3) is 11.5 Å². The van der Waals surface area contributed by atoms with Crippen molar-refractivity contribution in [2.24, 2.45) is 5.92 Å². The van der Waals surface area contributed by atoms with Gasteiger partial charge in [-0.1, -0.05) is 0 Å². The molecule has 3 rings (SSSR count). The summed E-state index contributed by atoms with van der Waals surface area (Å²) in [4.78, 5) is 38.5. The van der Waals surface area contributed by atoms with Crippen molar-refractivity contribution in [2.75, 3.05) is 13.1 Å². The number of nitrogens with one attached hydrogen (secondary N) is 2. The van der Waals surface area contributed by atoms with Crippen molar-refractivity contribution < 1.29 is 27.9 Å². The highest BCUT2D eigenvalue weighted by atomic mass is 19.4. The zero-order valence-electron chi connectivity index (χ0n) is 14.4. The number of aromatic nitrogens is 1. The van der Waals surface area contributed by atoms with Gasteiger partial charge in [-0.3, -0.25) is 19.3 Å². The molecule has 0 radical (unpaired) electrons. The monoisotopic (exact) mass is 387 g/mol. The number of amides is 1. The van der Waals surface area contributed by atoms with Crippen molar-refractivity contribution in [1.82, 2.24) is 15.2 Å². The minimum atomic E-state index is -4.69. The third kappa shape index (κ3) is 4.88. The molecule has 2 aliphatic rings. The molecule has 2 fully saturated rings. The van der Waals surface area contributed by atoms with Gasteiger partial charge in [0.15, 0.2) is 0 Å². The highest BCUT2D eigenvalue weighted by molar-refractivity contribution is 5.94. The van der Waals surface area contributed by atoms with Gasteiger partial charge in [0.05, 0.1) is 6.54 Å². The van der Waals surface area contributed by atoms with Gasteiger partial charge in [-0.05, 0) is 43.7 Å². The van der Waals surface area contributed by atoms with E-state index in [2.05, 4.69) is 5.32 Å². The second-order valence-electron chi connectivity index (χ2n) is 7.17. The number of H-pyrrole nitrogens is 1. The largest absolute Gasteiger partial charge is 0.480 e. The Morgan fingerprint density at radius 1 is 1.26 bits per heavy atom. The number of alkyl halides is 3. The van der Waals surface area contributed by atoms with Crippen LogP contribution in [0.2, 0.25) is 0 Å². The lowest BCUT2D eigenvalue weighted by atomic mass is 9.85. The van der Waals surface area contributed by atoms with Crippen molar-refractivity contribution in [3.63, 3.8) is 0 Å². The summed E-state index contributed by atoms with van der Waals surface area (Å²) in [6, 6.07) is 1.32. The molecule has 1 heterocycles. The number of carboxylic acids is 1. The maximum atomic E-state index is 12.6. The van der Waals surface area contributed by atoms with Crippen molar-refractivity contribution >= 4 is 11.9 Å². The molecule has 27 heavy (non-hydrogen) atoms. The summed E-state index contributed by atoms with van der Waals surface area (Å²) >= 11 is 0. The Kier molecular flexibility index (Phi) is 5.27. The molecule has 10 heteroatoms. The lowest BCUT2D eigenvalue weighted by Gasteiger charge is -2.42. The number of pyridine rings is 1. The van der Waals surface area contributed by atoms with Gasteiger partial charge in [-0.2, -0.15) is 13.2 Å². The molecule has 3 N–H and O–H groups in total. The average Bonchev–Trinajstić information content (AvgIpc) is 3.32. The standard InChI is InChI=1S/C17H20F3N3O4/c18-17(19,20)13-4-3-12(16(27)22-13)15(26)21-10-5-11(6-10)23(8-14(24)25)7-9-1-2-9/h3-4,9-11H,1-2,5-8H2,(H,21,26)(H,22,27)(H,24,25). The number of hydrogen-bond acceptors (Lipinski definition) is 4. The number of carbonyl (C=O) groups excluding carboxylic acids is 1. The minimum absolute atomic E-state index is 0.0397. The van der Waals surface area contributed by atoms with E-state index >= 15 is 0 Å². The predicted octanol–water partition coefficient (Wildman–Crippen LogP) is 1.45. The predicted molar refractivity (Wildman–Crippen MR) is 88.3 cm³/mol. The number of nitrogens with zero attached hydrogens (tertiary/aromatic N) is 1. The van der Waals surface area contributed by atoms with Crippen LogP contribution >= 0.6 is 0 Å². The van der Waals surface area contributed by atoms with Crippen LogP contribution in [0.1, 0.15) is 41.7 Å². The van der Waals surface area contributed by atoms with E-state index in [9.17, 15) is 27.6 Å². The molecule has 7 nitrogen and oxygen atoms in total. The molecule has 0 bridgehead atoms. The van der Waals surface area contributed by atoms with E-state index in [-0.39, 0.29) is 24.2 Å². The van der Waals surface area contributed by atoms with Gasteiger partial charge >= 0.3 is 12.1 Å². The lowest BCUT2D eigenvalue weighted by molar-refractivity contribution is -0.141. The Bertz CT molecular complexity index is 782. The van der Waals surface area contributed by atoms with E-state index in [1.807, 2.05) is 4.90 Å². The summed E-state index contributed by atoms with van der Waals surface area (Å²) < 4.78 is 37.7. The number of rotatable bonds is 7. The van der Waals surface area contributed by atoms with Crippen LogP contribution in [0.25, 0.3) is 0 Å². The fourth-order valence-electron chi connectivity index (χ4n) is 3.23. The Hall–Kier alpha value is -2.36. The topological polar surface area (TPSA) is 102 Å². The van der Waals surface area contributed by atoms with Crippen LogP contribution in [-0.2, 0) is 11.0 Å². The van der Waals surface area contributed by atoms with Gasteiger partial charge < -0.3 is 15.4 Å². The van der Waals surface area contributed by atoms with Crippen LogP contribution < -0.4 is 10.9 Å². The molecule has 0 aromatic carbocycles. The van der Waals surface area contributed by atoms with Gasteiger partial charge in [0.1, 0.15) is 11.3 Å². The third-order valence-corrected chi connectivity index (χ3v) is 4.95. The van der Waals surface area contributed by atoms with E-state index in [0.29, 0.717) is 24.8 Å². The first-order chi connectivity index (χ1) is 12.6. The van der Waals surface area contributed by atoms with Crippen LogP contribution in [0.5, 0.6) is 0 Å². The summed E-state index contributed by atoms with van der Waals surface area (Å²) in [5, 5.41) is 11.7. The quantitative estimate of drug-likeness (QED) is 0.657. The molecular formula is C17H20F3N3O4. The molecule has 0 aliphatic heterocycles. The second-order valence-corrected chi connectivity index (χ2v) is 7.17. The summed E-state index contributed by atoms with van der Waals surface area (Å²) in [7, 11) is 0. The summed E-state index contributed by atoms with van der Waals surface area (Å²) in [5.74, 6) is -1.11. The van der Waals surface area contributed by atoms with E-state index < -0.39 is 29.3 Å². The average molecular weight is 387 g/mol. The molecule has 2 aliphatic carbocycles. The highest BCUT2D eigenvalue weighted by Crippen LogP contribution is 2.33. The van der Waals surface area contributed by atoms with Crippen molar-refractivity contribution in [3.8, 4) is 0 Å². The Balaban J connectivity index is 1.55. The van der Waals surface area contributed by atoms with Crippen LogP contribution in [0.3, 0.4) is 0 Å². The number of aliphatic carboxylic acids is 1. The number of carbonyl (C=O) groups is 2. The summed E-state index contributed by atoms with van der Waals surface area (Å²) in [6.07, 6.45) is -1.40. The number of carboxylic acid groups (broad SMARTS) is 1. The van der Waals surface area contributed by atoms with Crippen LogP contribution in [0.4, 0.5) is 13.2 Å². The SMILES string of the molecule is O=C(O)CN(CC1CC1)C1CC(NC(=O)c2ccc(C(F)(F)F)[nH]c2=O)C1. The number of hydrogen-bond donors (Lipinski definition) is 3. The molecule has 0 spiro atoms. The highest BCUT2D eigenvalue weighted by Gasteiger charge is 2.38. The van der Waals surface area contributed by atoms with Crippen LogP contribution in [-0.4, -0.2) is 52.0 Å². The van der Waals surface area contributed by atoms with Gasteiger partial charge in [0, 0.05) is 18.6 Å². The Labute approximate surface area is 152 Å². The first kappa shape index (κ1) is 19.4. The molecule has 0 atom stereocenters.